The Morgan fingerprint density at radius 2 is 2.31 bits per heavy atom. The molecule has 0 fully saturated rings. The van der Waals surface area contributed by atoms with Gasteiger partial charge in [-0.05, 0) is 36.1 Å². The molecule has 0 spiro atoms. The molecule has 3 heterocycles. The van der Waals surface area contributed by atoms with Crippen molar-refractivity contribution in [3.63, 3.8) is 0 Å². The van der Waals surface area contributed by atoms with Crippen LogP contribution in [0.3, 0.4) is 0 Å². The third-order valence-corrected chi connectivity index (χ3v) is 3.55. The number of fused-ring (bicyclic) bond motifs is 1. The van der Waals surface area contributed by atoms with E-state index in [4.69, 9.17) is 0 Å². The smallest absolute Gasteiger partial charge is 0.118 e. The number of nitrogens with zero attached hydrogens (tertiary/aromatic N) is 2. The van der Waals surface area contributed by atoms with E-state index in [1.54, 1.807) is 11.3 Å². The maximum atomic E-state index is 4.48. The fourth-order valence-electron chi connectivity index (χ4n) is 1.87. The Morgan fingerprint density at radius 1 is 1.38 bits per heavy atom. The van der Waals surface area contributed by atoms with Crippen molar-refractivity contribution in [1.82, 2.24) is 9.38 Å². The Bertz CT molecular complexity index is 608. The number of pyridine rings is 1. The van der Waals surface area contributed by atoms with Crippen LogP contribution in [0.2, 0.25) is 0 Å². The van der Waals surface area contributed by atoms with Gasteiger partial charge in [-0.3, -0.25) is 0 Å². The predicted octanol–water partition coefficient (Wildman–Crippen LogP) is 3.30. The molecular formula is C13H12N2S. The molecule has 2 nitrogen and oxygen atoms in total. The van der Waals surface area contributed by atoms with Gasteiger partial charge in [0.1, 0.15) is 5.82 Å². The minimum absolute atomic E-state index is 0.912. The molecule has 0 bridgehead atoms. The van der Waals surface area contributed by atoms with Gasteiger partial charge in [0.05, 0.1) is 11.7 Å². The predicted molar refractivity (Wildman–Crippen MR) is 67.1 cm³/mol. The Labute approximate surface area is 98.2 Å². The molecule has 0 unspecified atom stereocenters. The topological polar surface area (TPSA) is 17.3 Å². The van der Waals surface area contributed by atoms with Gasteiger partial charge in [0.25, 0.3) is 0 Å². The van der Waals surface area contributed by atoms with E-state index in [1.165, 1.54) is 16.0 Å². The van der Waals surface area contributed by atoms with E-state index in [9.17, 15) is 0 Å². The summed E-state index contributed by atoms with van der Waals surface area (Å²) in [5.41, 5.74) is 2.45. The van der Waals surface area contributed by atoms with E-state index in [0.717, 1.165) is 12.2 Å². The number of rotatable bonds is 2. The van der Waals surface area contributed by atoms with Crippen molar-refractivity contribution in [3.05, 3.63) is 58.3 Å². The van der Waals surface area contributed by atoms with E-state index < -0.39 is 0 Å². The molecule has 3 aromatic heterocycles. The molecule has 3 aromatic rings. The normalized spacial score (nSPS) is 11.1. The van der Waals surface area contributed by atoms with Crippen LogP contribution in [0.25, 0.3) is 5.52 Å². The van der Waals surface area contributed by atoms with E-state index in [0.29, 0.717) is 0 Å². The zero-order valence-corrected chi connectivity index (χ0v) is 9.87. The molecular weight excluding hydrogens is 216 g/mol. The molecule has 0 aromatic carbocycles. The number of hydrogen-bond acceptors (Lipinski definition) is 2. The summed E-state index contributed by atoms with van der Waals surface area (Å²) >= 11 is 1.78. The molecule has 0 saturated carbocycles. The second-order valence-electron chi connectivity index (χ2n) is 3.93. The molecule has 80 valence electrons. The molecule has 0 aliphatic carbocycles. The van der Waals surface area contributed by atoms with Crippen molar-refractivity contribution in [2.24, 2.45) is 0 Å². The lowest BCUT2D eigenvalue weighted by molar-refractivity contribution is 0.972. The minimum Gasteiger partial charge on any atom is -0.303 e. The zero-order chi connectivity index (χ0) is 11.0. The van der Waals surface area contributed by atoms with Crippen LogP contribution in [0.5, 0.6) is 0 Å². The zero-order valence-electron chi connectivity index (χ0n) is 9.05. The summed E-state index contributed by atoms with van der Waals surface area (Å²) in [6.45, 7) is 2.10. The molecule has 0 radical (unpaired) electrons. The van der Waals surface area contributed by atoms with Gasteiger partial charge < -0.3 is 4.40 Å². The lowest BCUT2D eigenvalue weighted by Gasteiger charge is -2.00. The highest BCUT2D eigenvalue weighted by atomic mass is 32.1. The Kier molecular flexibility index (Phi) is 2.26. The summed E-state index contributed by atoms with van der Waals surface area (Å²) < 4.78 is 2.16. The van der Waals surface area contributed by atoms with Gasteiger partial charge in [0.15, 0.2) is 0 Å². The third kappa shape index (κ3) is 1.63. The maximum Gasteiger partial charge on any atom is 0.118 e. The SMILES string of the molecule is Cc1ccn2c(Cc3cccs3)ncc2c1. The van der Waals surface area contributed by atoms with Crippen LogP contribution in [0.15, 0.2) is 42.0 Å². The van der Waals surface area contributed by atoms with Gasteiger partial charge in [-0.25, -0.2) is 4.98 Å². The lowest BCUT2D eigenvalue weighted by atomic mass is 10.3. The van der Waals surface area contributed by atoms with E-state index >= 15 is 0 Å². The Morgan fingerprint density at radius 3 is 3.12 bits per heavy atom. The van der Waals surface area contributed by atoms with Crippen LogP contribution in [0.4, 0.5) is 0 Å². The van der Waals surface area contributed by atoms with Gasteiger partial charge in [0.2, 0.25) is 0 Å². The van der Waals surface area contributed by atoms with Crippen LogP contribution in [-0.4, -0.2) is 9.38 Å². The summed E-state index contributed by atoms with van der Waals surface area (Å²) in [7, 11) is 0. The van der Waals surface area contributed by atoms with Crippen molar-refractivity contribution in [3.8, 4) is 0 Å². The summed E-state index contributed by atoms with van der Waals surface area (Å²) in [6.07, 6.45) is 4.95. The first-order valence-corrected chi connectivity index (χ1v) is 6.16. The van der Waals surface area contributed by atoms with Crippen molar-refractivity contribution in [1.29, 1.82) is 0 Å². The highest BCUT2D eigenvalue weighted by Gasteiger charge is 2.04. The number of aromatic nitrogens is 2. The van der Waals surface area contributed by atoms with E-state index in [-0.39, 0.29) is 0 Å². The number of aryl methyl sites for hydroxylation is 1. The molecule has 3 heteroatoms. The second kappa shape index (κ2) is 3.76. The third-order valence-electron chi connectivity index (χ3n) is 2.68. The van der Waals surface area contributed by atoms with Crippen LogP contribution in [-0.2, 0) is 6.42 Å². The lowest BCUT2D eigenvalue weighted by Crippen LogP contribution is -1.94. The summed E-state index contributed by atoms with van der Waals surface area (Å²) in [4.78, 5) is 5.84. The fraction of sp³-hybridized carbons (Fsp3) is 0.154. The van der Waals surface area contributed by atoms with E-state index in [2.05, 4.69) is 52.2 Å². The average Bonchev–Trinajstić information content (AvgIpc) is 2.89. The first-order chi connectivity index (χ1) is 7.83. The van der Waals surface area contributed by atoms with Gasteiger partial charge in [0, 0.05) is 17.5 Å². The minimum atomic E-state index is 0.912. The van der Waals surface area contributed by atoms with Crippen LogP contribution < -0.4 is 0 Å². The van der Waals surface area contributed by atoms with E-state index in [1.807, 2.05) is 6.20 Å². The van der Waals surface area contributed by atoms with Crippen LogP contribution in [0, 0.1) is 6.92 Å². The Balaban J connectivity index is 2.04. The molecule has 0 aliphatic heterocycles. The van der Waals surface area contributed by atoms with Crippen LogP contribution in [0.1, 0.15) is 16.3 Å². The van der Waals surface area contributed by atoms with Crippen LogP contribution >= 0.6 is 11.3 Å². The monoisotopic (exact) mass is 228 g/mol. The maximum absolute atomic E-state index is 4.48. The fourth-order valence-corrected chi connectivity index (χ4v) is 2.57. The second-order valence-corrected chi connectivity index (χ2v) is 4.96. The largest absolute Gasteiger partial charge is 0.303 e. The molecule has 3 rings (SSSR count). The number of imidazole rings is 1. The number of hydrogen-bond donors (Lipinski definition) is 0. The molecule has 0 aliphatic rings. The van der Waals surface area contributed by atoms with Crippen molar-refractivity contribution in [2.45, 2.75) is 13.3 Å². The molecule has 0 N–H and O–H groups in total. The molecule has 0 atom stereocenters. The highest BCUT2D eigenvalue weighted by molar-refractivity contribution is 7.09. The highest BCUT2D eigenvalue weighted by Crippen LogP contribution is 2.16. The summed E-state index contributed by atoms with van der Waals surface area (Å²) in [5.74, 6) is 1.11. The molecule has 16 heavy (non-hydrogen) atoms. The first-order valence-electron chi connectivity index (χ1n) is 5.28. The van der Waals surface area contributed by atoms with Gasteiger partial charge in [-0.1, -0.05) is 6.07 Å². The van der Waals surface area contributed by atoms with Crippen molar-refractivity contribution in [2.75, 3.05) is 0 Å². The van der Waals surface area contributed by atoms with Gasteiger partial charge >= 0.3 is 0 Å². The first kappa shape index (κ1) is 9.60. The van der Waals surface area contributed by atoms with Crippen molar-refractivity contribution < 1.29 is 0 Å². The molecule has 0 amide bonds. The van der Waals surface area contributed by atoms with Crippen molar-refractivity contribution >= 4 is 16.9 Å². The standard InChI is InChI=1S/C13H12N2S/c1-10-4-5-15-11(7-10)9-14-13(15)8-12-3-2-6-16-12/h2-7,9H,8H2,1H3. The van der Waals surface area contributed by atoms with Gasteiger partial charge in [-0.15, -0.1) is 11.3 Å². The van der Waals surface area contributed by atoms with Gasteiger partial charge in [-0.2, -0.15) is 0 Å². The molecule has 0 saturated heterocycles. The Hall–Kier alpha value is -1.61. The average molecular weight is 228 g/mol. The quantitative estimate of drug-likeness (QED) is 0.658. The summed E-state index contributed by atoms with van der Waals surface area (Å²) in [5, 5.41) is 2.11. The summed E-state index contributed by atoms with van der Waals surface area (Å²) in [6, 6.07) is 8.51. The number of thiophene rings is 1.